The largest absolute Gasteiger partial charge is 0.299 e. The van der Waals surface area contributed by atoms with Gasteiger partial charge in [0.15, 0.2) is 0 Å². The average Bonchev–Trinajstić information content (AvgIpc) is 3.46. The van der Waals surface area contributed by atoms with Gasteiger partial charge in [0.2, 0.25) is 0 Å². The van der Waals surface area contributed by atoms with Gasteiger partial charge in [-0.25, -0.2) is 0 Å². The van der Waals surface area contributed by atoms with Gasteiger partial charge in [0.1, 0.15) is 11.7 Å². The Morgan fingerprint density at radius 2 is 2.15 bits per heavy atom. The van der Waals surface area contributed by atoms with E-state index in [9.17, 15) is 4.79 Å². The van der Waals surface area contributed by atoms with Crippen molar-refractivity contribution in [2.24, 2.45) is 21.9 Å². The number of ketones is 1. The van der Waals surface area contributed by atoms with Crippen LogP contribution in [0.3, 0.4) is 0 Å². The van der Waals surface area contributed by atoms with Gasteiger partial charge >= 0.3 is 0 Å². The highest BCUT2D eigenvalue weighted by Crippen LogP contribution is 2.32. The molecule has 2 aliphatic rings. The molecule has 27 heavy (non-hydrogen) atoms. The molecule has 0 spiro atoms. The molecule has 0 N–H and O–H groups in total. The van der Waals surface area contributed by atoms with Crippen LogP contribution in [0, 0.1) is 11.8 Å². The lowest BCUT2D eigenvalue weighted by Gasteiger charge is -2.31. The number of pyridine rings is 1. The summed E-state index contributed by atoms with van der Waals surface area (Å²) in [6, 6.07) is 11.2. The lowest BCUT2D eigenvalue weighted by atomic mass is 9.88. The third kappa shape index (κ3) is 4.25. The number of carbonyl (C=O) groups is 1. The molecule has 0 bridgehead atoms. The lowest BCUT2D eigenvalue weighted by Crippen LogP contribution is -2.44. The fraction of sp³-hybridized carbons (Fsp3) is 0.333. The van der Waals surface area contributed by atoms with Gasteiger partial charge in [-0.15, -0.1) is 0 Å². The maximum Gasteiger partial charge on any atom is 0.144 e. The predicted octanol–water partition coefficient (Wildman–Crippen LogP) is 4.14. The molecular formula is C21H21ClN4O. The Balaban J connectivity index is 1.77. The molecule has 0 radical (unpaired) electrons. The first kappa shape index (κ1) is 17.9. The first-order valence-corrected chi connectivity index (χ1v) is 9.55. The van der Waals surface area contributed by atoms with Crippen LogP contribution in [0.2, 0.25) is 5.02 Å². The van der Waals surface area contributed by atoms with E-state index < -0.39 is 5.92 Å². The van der Waals surface area contributed by atoms with Gasteiger partial charge in [-0.05, 0) is 56.0 Å². The highest BCUT2D eigenvalue weighted by Gasteiger charge is 2.35. The second kappa shape index (κ2) is 7.61. The first-order chi connectivity index (χ1) is 13.1. The van der Waals surface area contributed by atoms with Crippen LogP contribution in [0.25, 0.3) is 0 Å². The molecule has 4 rings (SSSR count). The van der Waals surface area contributed by atoms with E-state index in [1.54, 1.807) is 19.3 Å². The van der Waals surface area contributed by atoms with Crippen LogP contribution in [0.4, 0.5) is 5.69 Å². The van der Waals surface area contributed by atoms with Gasteiger partial charge in [-0.3, -0.25) is 19.8 Å². The Bertz CT molecular complexity index is 905. The summed E-state index contributed by atoms with van der Waals surface area (Å²) in [4.78, 5) is 21.6. The zero-order chi connectivity index (χ0) is 18.8. The minimum Gasteiger partial charge on any atom is -0.299 e. The van der Waals surface area contributed by atoms with E-state index in [-0.39, 0.29) is 5.78 Å². The van der Waals surface area contributed by atoms with Crippen molar-refractivity contribution in [3.05, 3.63) is 59.4 Å². The van der Waals surface area contributed by atoms with E-state index in [0.29, 0.717) is 17.5 Å². The van der Waals surface area contributed by atoms with Crippen molar-refractivity contribution >= 4 is 34.5 Å². The van der Waals surface area contributed by atoms with E-state index in [0.717, 1.165) is 29.2 Å². The third-order valence-corrected chi connectivity index (χ3v) is 5.05. The number of aromatic nitrogens is 1. The summed E-state index contributed by atoms with van der Waals surface area (Å²) in [7, 11) is 0. The summed E-state index contributed by atoms with van der Waals surface area (Å²) >= 11 is 6.11. The molecule has 2 aromatic rings. The van der Waals surface area contributed by atoms with Crippen LogP contribution in [0.1, 0.15) is 25.3 Å². The Hall–Kier alpha value is -2.53. The first-order valence-electron chi connectivity index (χ1n) is 9.17. The van der Waals surface area contributed by atoms with Gasteiger partial charge in [-0.2, -0.15) is 5.10 Å². The van der Waals surface area contributed by atoms with Crippen molar-refractivity contribution in [2.75, 3.05) is 13.1 Å². The maximum absolute atomic E-state index is 12.6. The highest BCUT2D eigenvalue weighted by molar-refractivity contribution is 6.31. The molecule has 1 fully saturated rings. The topological polar surface area (TPSA) is 57.9 Å². The van der Waals surface area contributed by atoms with E-state index in [2.05, 4.69) is 4.98 Å². The molecule has 6 heteroatoms. The maximum atomic E-state index is 12.6. The second-order valence-electron chi connectivity index (χ2n) is 7.14. The number of nitrogens with zero attached hydrogens (tertiary/aromatic N) is 4. The summed E-state index contributed by atoms with van der Waals surface area (Å²) in [5.74, 6) is 0.248. The Kier molecular flexibility index (Phi) is 5.03. The average molecular weight is 381 g/mol. The molecule has 5 nitrogen and oxygen atoms in total. The summed E-state index contributed by atoms with van der Waals surface area (Å²) in [6.45, 7) is 3.04. The molecule has 1 aliphatic heterocycles. The smallest absolute Gasteiger partial charge is 0.144 e. The number of hydrazone groups is 1. The second-order valence-corrected chi connectivity index (χ2v) is 7.58. The fourth-order valence-corrected chi connectivity index (χ4v) is 3.55. The van der Waals surface area contributed by atoms with Crippen LogP contribution in [0.15, 0.2) is 58.9 Å². The van der Waals surface area contributed by atoms with Gasteiger partial charge in [0.05, 0.1) is 23.7 Å². The normalized spacial score (nSPS) is 21.3. The number of Topliss-reactive ketones (excluding diaryl/α,β-unsaturated/α-hetero) is 1. The number of hydrogen-bond donors (Lipinski definition) is 0. The van der Waals surface area contributed by atoms with E-state index in [1.165, 1.54) is 12.8 Å². The molecule has 0 amide bonds. The third-order valence-electron chi connectivity index (χ3n) is 4.81. The monoisotopic (exact) mass is 380 g/mol. The number of hydrogen-bond acceptors (Lipinski definition) is 5. The molecule has 1 aliphatic carbocycles. The molecule has 2 heterocycles. The number of aliphatic imine (C=N–C) groups is 1. The summed E-state index contributed by atoms with van der Waals surface area (Å²) in [5.41, 5.74) is 3.14. The van der Waals surface area contributed by atoms with Gasteiger partial charge < -0.3 is 0 Å². The number of rotatable bonds is 5. The molecule has 1 unspecified atom stereocenters. The molecule has 138 valence electrons. The Labute approximate surface area is 163 Å². The SMILES string of the molecule is CC(=O)C1C(=Nc2cccc(Cl)c2)CN(CC2CC2)N=C1c1cccnc1. The van der Waals surface area contributed by atoms with Crippen LogP contribution in [0.5, 0.6) is 0 Å². The summed E-state index contributed by atoms with van der Waals surface area (Å²) in [6.07, 6.45) is 5.96. The molecule has 1 saturated carbocycles. The molecule has 0 saturated heterocycles. The minimum atomic E-state index is -0.469. The molecule has 1 aromatic heterocycles. The van der Waals surface area contributed by atoms with Crippen LogP contribution in [-0.2, 0) is 4.79 Å². The van der Waals surface area contributed by atoms with Gasteiger partial charge in [-0.1, -0.05) is 17.7 Å². The van der Waals surface area contributed by atoms with Crippen molar-refractivity contribution in [1.29, 1.82) is 0 Å². The van der Waals surface area contributed by atoms with Crippen molar-refractivity contribution in [1.82, 2.24) is 9.99 Å². The van der Waals surface area contributed by atoms with Crippen molar-refractivity contribution in [3.63, 3.8) is 0 Å². The van der Waals surface area contributed by atoms with Crippen LogP contribution < -0.4 is 0 Å². The summed E-state index contributed by atoms with van der Waals surface area (Å²) < 4.78 is 0. The number of carbonyl (C=O) groups excluding carboxylic acids is 1. The molecule has 1 atom stereocenters. The Morgan fingerprint density at radius 3 is 2.81 bits per heavy atom. The minimum absolute atomic E-state index is 0.0319. The quantitative estimate of drug-likeness (QED) is 0.783. The number of benzene rings is 1. The fourth-order valence-electron chi connectivity index (χ4n) is 3.36. The highest BCUT2D eigenvalue weighted by atomic mass is 35.5. The Morgan fingerprint density at radius 1 is 1.30 bits per heavy atom. The standard InChI is InChI=1S/C21H21ClN4O/c1-14(27)20-19(24-18-6-2-5-17(22)10-18)13-26(12-15-7-8-15)25-21(20)16-4-3-9-23-11-16/h2-6,9-11,15,20H,7-8,12-13H2,1H3. The van der Waals surface area contributed by atoms with E-state index in [1.807, 2.05) is 41.4 Å². The predicted molar refractivity (Wildman–Crippen MR) is 108 cm³/mol. The van der Waals surface area contributed by atoms with Gasteiger partial charge in [0.25, 0.3) is 0 Å². The molecular weight excluding hydrogens is 360 g/mol. The van der Waals surface area contributed by atoms with Crippen molar-refractivity contribution in [3.8, 4) is 0 Å². The summed E-state index contributed by atoms with van der Waals surface area (Å²) in [5, 5.41) is 7.50. The van der Waals surface area contributed by atoms with Crippen molar-refractivity contribution < 1.29 is 4.79 Å². The van der Waals surface area contributed by atoms with Crippen molar-refractivity contribution in [2.45, 2.75) is 19.8 Å². The van der Waals surface area contributed by atoms with Crippen LogP contribution in [-0.4, -0.2) is 40.3 Å². The van der Waals surface area contributed by atoms with E-state index >= 15 is 0 Å². The zero-order valence-electron chi connectivity index (χ0n) is 15.2. The molecule has 1 aromatic carbocycles. The van der Waals surface area contributed by atoms with E-state index in [4.69, 9.17) is 21.7 Å². The van der Waals surface area contributed by atoms with Gasteiger partial charge in [0, 0.05) is 29.5 Å². The van der Waals surface area contributed by atoms with Crippen LogP contribution >= 0.6 is 11.6 Å². The zero-order valence-corrected chi connectivity index (χ0v) is 15.9. The number of halogens is 1. The lowest BCUT2D eigenvalue weighted by molar-refractivity contribution is -0.117.